The molecule has 0 saturated carbocycles. The van der Waals surface area contributed by atoms with Gasteiger partial charge < -0.3 is 20.3 Å². The Morgan fingerprint density at radius 1 is 1.38 bits per heavy atom. The smallest absolute Gasteiger partial charge is 0.351 e. The van der Waals surface area contributed by atoms with Crippen molar-refractivity contribution in [2.45, 2.75) is 38.5 Å². The Bertz CT molecular complexity index is 146. The maximum absolute atomic E-state index is 5.92. The molecule has 3 unspecified atom stereocenters. The maximum atomic E-state index is 5.92. The summed E-state index contributed by atoms with van der Waals surface area (Å²) in [5.41, 5.74) is 11.5. The number of nitrogens with two attached hydrogens (primary N) is 2. The van der Waals surface area contributed by atoms with E-state index < -0.39 is 8.56 Å². The van der Waals surface area contributed by atoms with Gasteiger partial charge in [0.15, 0.2) is 0 Å². The lowest BCUT2D eigenvalue weighted by Gasteiger charge is -2.30. The molecule has 4 nitrogen and oxygen atoms in total. The minimum atomic E-state index is -2.19. The topological polar surface area (TPSA) is 70.5 Å². The Morgan fingerprint density at radius 2 is 1.92 bits per heavy atom. The van der Waals surface area contributed by atoms with Crippen LogP contribution in [0.2, 0.25) is 6.55 Å². The summed E-state index contributed by atoms with van der Waals surface area (Å²) < 4.78 is 11.0. The fraction of sp³-hybridized carbons (Fsp3) is 1.00. The summed E-state index contributed by atoms with van der Waals surface area (Å²) in [5, 5.41) is 0. The Kier molecular flexibility index (Phi) is 5.74. The van der Waals surface area contributed by atoms with Gasteiger partial charge in [-0.2, -0.15) is 0 Å². The molecule has 0 aromatic carbocycles. The molecule has 0 spiro atoms. The highest BCUT2D eigenvalue weighted by molar-refractivity contribution is 6.67. The van der Waals surface area contributed by atoms with Crippen molar-refractivity contribution in [3.05, 3.63) is 0 Å². The molecular weight excluding hydrogens is 184 g/mol. The molecule has 0 aromatic heterocycles. The Balaban J connectivity index is 4.11. The van der Waals surface area contributed by atoms with Crippen molar-refractivity contribution >= 4 is 8.56 Å². The van der Waals surface area contributed by atoms with Gasteiger partial charge >= 0.3 is 8.56 Å². The van der Waals surface area contributed by atoms with Crippen LogP contribution in [0.15, 0.2) is 0 Å². The average molecular weight is 206 g/mol. The van der Waals surface area contributed by atoms with Gasteiger partial charge in [-0.05, 0) is 19.9 Å². The van der Waals surface area contributed by atoms with Crippen LogP contribution >= 0.6 is 0 Å². The first-order valence-electron chi connectivity index (χ1n) is 4.66. The minimum Gasteiger partial charge on any atom is -0.397 e. The molecule has 3 atom stereocenters. The van der Waals surface area contributed by atoms with Gasteiger partial charge in [0, 0.05) is 18.8 Å². The monoisotopic (exact) mass is 206 g/mol. The standard InChI is InChI=1S/C8H22N2O2Si/c1-5-8(10)13(4,11-3)12-6-7(2)9/h7-8H,5-6,9-10H2,1-4H3. The zero-order valence-corrected chi connectivity index (χ0v) is 10.0. The summed E-state index contributed by atoms with van der Waals surface area (Å²) in [6, 6.07) is 0.0334. The van der Waals surface area contributed by atoms with Crippen molar-refractivity contribution < 1.29 is 8.85 Å². The lowest BCUT2D eigenvalue weighted by molar-refractivity contribution is 0.185. The zero-order chi connectivity index (χ0) is 10.5. The summed E-state index contributed by atoms with van der Waals surface area (Å²) in [5.74, 6) is 0. The fourth-order valence-corrected chi connectivity index (χ4v) is 2.96. The van der Waals surface area contributed by atoms with E-state index in [4.69, 9.17) is 20.3 Å². The lowest BCUT2D eigenvalue weighted by atomic mass is 10.4. The van der Waals surface area contributed by atoms with Crippen LogP contribution in [0.3, 0.4) is 0 Å². The highest BCUT2D eigenvalue weighted by atomic mass is 28.4. The molecule has 0 aliphatic carbocycles. The highest BCUT2D eigenvalue weighted by Crippen LogP contribution is 2.12. The SMILES string of the molecule is CCC(N)[Si](C)(OC)OCC(C)N. The molecule has 0 saturated heterocycles. The average Bonchev–Trinajstić information content (AvgIpc) is 2.12. The van der Waals surface area contributed by atoms with E-state index in [-0.39, 0.29) is 11.7 Å². The van der Waals surface area contributed by atoms with Gasteiger partial charge in [0.05, 0.1) is 6.61 Å². The van der Waals surface area contributed by atoms with Crippen molar-refractivity contribution in [2.75, 3.05) is 13.7 Å². The predicted octanol–water partition coefficient (Wildman–Crippen LogP) is 0.345. The van der Waals surface area contributed by atoms with Gasteiger partial charge in [-0.25, -0.2) is 0 Å². The molecule has 5 heteroatoms. The van der Waals surface area contributed by atoms with E-state index in [9.17, 15) is 0 Å². The summed E-state index contributed by atoms with van der Waals surface area (Å²) >= 11 is 0. The molecule has 13 heavy (non-hydrogen) atoms. The lowest BCUT2D eigenvalue weighted by Crippen LogP contribution is -2.55. The molecule has 0 rings (SSSR count). The third kappa shape index (κ3) is 4.19. The molecule has 4 N–H and O–H groups in total. The van der Waals surface area contributed by atoms with Gasteiger partial charge in [-0.15, -0.1) is 0 Å². The van der Waals surface area contributed by atoms with Crippen LogP contribution in [-0.4, -0.2) is 34.0 Å². The Labute approximate surface area is 81.8 Å². The minimum absolute atomic E-state index is 0.0104. The van der Waals surface area contributed by atoms with Gasteiger partial charge in [0.1, 0.15) is 0 Å². The van der Waals surface area contributed by atoms with Crippen molar-refractivity contribution in [3.8, 4) is 0 Å². The first-order chi connectivity index (χ1) is 5.96. The molecule has 80 valence electrons. The molecule has 0 bridgehead atoms. The maximum Gasteiger partial charge on any atom is 0.351 e. The van der Waals surface area contributed by atoms with E-state index in [0.717, 1.165) is 6.42 Å². The van der Waals surface area contributed by atoms with Crippen LogP contribution in [0, 0.1) is 0 Å². The van der Waals surface area contributed by atoms with E-state index >= 15 is 0 Å². The summed E-state index contributed by atoms with van der Waals surface area (Å²) in [7, 11) is -0.536. The largest absolute Gasteiger partial charge is 0.397 e. The third-order valence-electron chi connectivity index (χ3n) is 2.15. The van der Waals surface area contributed by atoms with E-state index in [0.29, 0.717) is 6.61 Å². The van der Waals surface area contributed by atoms with Gasteiger partial charge in [-0.3, -0.25) is 0 Å². The quantitative estimate of drug-likeness (QED) is 0.615. The molecular formula is C8H22N2O2Si. The van der Waals surface area contributed by atoms with Crippen LogP contribution in [-0.2, 0) is 8.85 Å². The summed E-state index contributed by atoms with van der Waals surface area (Å²) in [6.45, 7) is 6.43. The molecule has 0 amide bonds. The van der Waals surface area contributed by atoms with Crippen LogP contribution in [0.25, 0.3) is 0 Å². The van der Waals surface area contributed by atoms with Gasteiger partial charge in [0.25, 0.3) is 0 Å². The zero-order valence-electron chi connectivity index (χ0n) is 9.04. The van der Waals surface area contributed by atoms with Gasteiger partial charge in [0.2, 0.25) is 0 Å². The van der Waals surface area contributed by atoms with Crippen molar-refractivity contribution in [2.24, 2.45) is 11.5 Å². The van der Waals surface area contributed by atoms with E-state index in [2.05, 4.69) is 0 Å². The van der Waals surface area contributed by atoms with Crippen molar-refractivity contribution in [3.63, 3.8) is 0 Å². The summed E-state index contributed by atoms with van der Waals surface area (Å²) in [4.78, 5) is 0. The fourth-order valence-electron chi connectivity index (χ4n) is 0.985. The van der Waals surface area contributed by atoms with Crippen molar-refractivity contribution in [1.82, 2.24) is 0 Å². The molecule has 0 aliphatic rings. The molecule has 0 radical (unpaired) electrons. The van der Waals surface area contributed by atoms with E-state index in [1.54, 1.807) is 7.11 Å². The predicted molar refractivity (Wildman–Crippen MR) is 56.5 cm³/mol. The second kappa shape index (κ2) is 5.72. The normalized spacial score (nSPS) is 20.8. The van der Waals surface area contributed by atoms with Crippen LogP contribution in [0.1, 0.15) is 20.3 Å². The Morgan fingerprint density at radius 3 is 2.23 bits per heavy atom. The third-order valence-corrected chi connectivity index (χ3v) is 5.46. The molecule has 0 fully saturated rings. The second-order valence-corrected chi connectivity index (χ2v) is 6.99. The molecule has 0 aliphatic heterocycles. The van der Waals surface area contributed by atoms with Crippen LogP contribution < -0.4 is 11.5 Å². The number of hydrogen-bond acceptors (Lipinski definition) is 4. The summed E-state index contributed by atoms with van der Waals surface area (Å²) in [6.07, 6.45) is 0.871. The number of hydrogen-bond donors (Lipinski definition) is 2. The van der Waals surface area contributed by atoms with E-state index in [1.165, 1.54) is 0 Å². The number of rotatable bonds is 6. The van der Waals surface area contributed by atoms with Crippen molar-refractivity contribution in [1.29, 1.82) is 0 Å². The first-order valence-corrected chi connectivity index (χ1v) is 7.06. The molecule has 0 heterocycles. The highest BCUT2D eigenvalue weighted by Gasteiger charge is 2.37. The van der Waals surface area contributed by atoms with Gasteiger partial charge in [-0.1, -0.05) is 6.92 Å². The van der Waals surface area contributed by atoms with Crippen LogP contribution in [0.4, 0.5) is 0 Å². The van der Waals surface area contributed by atoms with E-state index in [1.807, 2.05) is 20.4 Å². The molecule has 0 aromatic rings. The van der Waals surface area contributed by atoms with Crippen LogP contribution in [0.5, 0.6) is 0 Å². The first kappa shape index (κ1) is 13.1. The Hall–Kier alpha value is 0.0569. The second-order valence-electron chi connectivity index (χ2n) is 3.52.